The number of Topliss-reactive ketones (excluding diaryl/α,β-unsaturated/α-hetero) is 2. The Morgan fingerprint density at radius 1 is 1.00 bits per heavy atom. The predicted molar refractivity (Wildman–Crippen MR) is 64.5 cm³/mol. The highest BCUT2D eigenvalue weighted by Crippen LogP contribution is 2.37. The lowest BCUT2D eigenvalue weighted by Gasteiger charge is -2.17. The molecule has 0 aliphatic carbocycles. The SMILES string of the molecule is COc1ccc(C(=O)CC(=O)C(F)(F)C(F)(F)F)cc1OC. The summed E-state index contributed by atoms with van der Waals surface area (Å²) in [6.07, 6.45) is -7.62. The summed E-state index contributed by atoms with van der Waals surface area (Å²) in [4.78, 5) is 22.7. The lowest BCUT2D eigenvalue weighted by Crippen LogP contribution is -2.44. The van der Waals surface area contributed by atoms with Crippen molar-refractivity contribution in [2.24, 2.45) is 0 Å². The maximum Gasteiger partial charge on any atom is 0.461 e. The molecule has 0 saturated carbocycles. The maximum absolute atomic E-state index is 12.8. The zero-order chi connectivity index (χ0) is 17.1. The van der Waals surface area contributed by atoms with E-state index in [1.807, 2.05) is 0 Å². The molecule has 122 valence electrons. The fourth-order valence-corrected chi connectivity index (χ4v) is 1.53. The third-order valence-electron chi connectivity index (χ3n) is 2.73. The normalized spacial score (nSPS) is 12.0. The van der Waals surface area contributed by atoms with Gasteiger partial charge in [0, 0.05) is 5.56 Å². The van der Waals surface area contributed by atoms with E-state index in [2.05, 4.69) is 0 Å². The third kappa shape index (κ3) is 3.52. The van der Waals surface area contributed by atoms with Gasteiger partial charge in [-0.25, -0.2) is 0 Å². The van der Waals surface area contributed by atoms with Gasteiger partial charge in [0.2, 0.25) is 5.78 Å². The summed E-state index contributed by atoms with van der Waals surface area (Å²) in [6, 6.07) is 3.47. The van der Waals surface area contributed by atoms with Crippen LogP contribution in [0.25, 0.3) is 0 Å². The standard InChI is InChI=1S/C13H11F5O4/c1-21-9-4-3-7(5-10(9)22-2)8(19)6-11(20)12(14,15)13(16,17)18/h3-5H,6H2,1-2H3. The second-order valence-corrected chi connectivity index (χ2v) is 4.17. The molecule has 0 aliphatic rings. The lowest BCUT2D eigenvalue weighted by atomic mass is 10.0. The molecule has 4 nitrogen and oxygen atoms in total. The van der Waals surface area contributed by atoms with Crippen molar-refractivity contribution >= 4 is 11.6 Å². The van der Waals surface area contributed by atoms with E-state index in [9.17, 15) is 31.5 Å². The molecule has 22 heavy (non-hydrogen) atoms. The summed E-state index contributed by atoms with van der Waals surface area (Å²) in [5.41, 5.74) is -0.246. The highest BCUT2D eigenvalue weighted by atomic mass is 19.4. The van der Waals surface area contributed by atoms with Crippen LogP contribution in [0.5, 0.6) is 11.5 Å². The third-order valence-corrected chi connectivity index (χ3v) is 2.73. The van der Waals surface area contributed by atoms with Gasteiger partial charge >= 0.3 is 12.1 Å². The molecule has 1 rings (SSSR count). The van der Waals surface area contributed by atoms with Crippen LogP contribution < -0.4 is 9.47 Å². The van der Waals surface area contributed by atoms with Gasteiger partial charge in [0.1, 0.15) is 0 Å². The van der Waals surface area contributed by atoms with Gasteiger partial charge in [-0.1, -0.05) is 0 Å². The quantitative estimate of drug-likeness (QED) is 0.458. The molecular weight excluding hydrogens is 315 g/mol. The Morgan fingerprint density at radius 2 is 1.55 bits per heavy atom. The summed E-state index contributed by atoms with van der Waals surface area (Å²) >= 11 is 0. The van der Waals surface area contributed by atoms with Crippen molar-refractivity contribution in [1.29, 1.82) is 0 Å². The highest BCUT2D eigenvalue weighted by molar-refractivity contribution is 6.10. The number of methoxy groups -OCH3 is 2. The van der Waals surface area contributed by atoms with E-state index in [0.717, 1.165) is 12.1 Å². The minimum absolute atomic E-state index is 0.0726. The van der Waals surface area contributed by atoms with E-state index in [1.54, 1.807) is 0 Å². The van der Waals surface area contributed by atoms with E-state index < -0.39 is 30.1 Å². The molecule has 1 aromatic carbocycles. The van der Waals surface area contributed by atoms with Crippen molar-refractivity contribution in [1.82, 2.24) is 0 Å². The first-order valence-corrected chi connectivity index (χ1v) is 5.77. The fraction of sp³-hybridized carbons (Fsp3) is 0.385. The Kier molecular flexibility index (Phi) is 5.10. The van der Waals surface area contributed by atoms with Crippen LogP contribution in [0, 0.1) is 0 Å². The molecule has 0 aromatic heterocycles. The van der Waals surface area contributed by atoms with Crippen LogP contribution in [-0.4, -0.2) is 37.9 Å². The highest BCUT2D eigenvalue weighted by Gasteiger charge is 2.62. The molecule has 9 heteroatoms. The number of hydrogen-bond acceptors (Lipinski definition) is 4. The molecule has 0 radical (unpaired) electrons. The van der Waals surface area contributed by atoms with Gasteiger partial charge in [-0.2, -0.15) is 22.0 Å². The number of rotatable bonds is 6. The van der Waals surface area contributed by atoms with Crippen LogP contribution >= 0.6 is 0 Å². The summed E-state index contributed by atoms with van der Waals surface area (Å²) in [5.74, 6) is -8.97. The van der Waals surface area contributed by atoms with Gasteiger partial charge in [0.05, 0.1) is 20.6 Å². The van der Waals surface area contributed by atoms with Gasteiger partial charge < -0.3 is 9.47 Å². The molecule has 0 fully saturated rings. The van der Waals surface area contributed by atoms with Crippen LogP contribution in [0.2, 0.25) is 0 Å². The number of benzene rings is 1. The molecule has 0 unspecified atom stereocenters. The number of ether oxygens (including phenoxy) is 2. The number of halogens is 5. The molecule has 0 bridgehead atoms. The number of hydrogen-bond donors (Lipinski definition) is 0. The largest absolute Gasteiger partial charge is 0.493 e. The zero-order valence-corrected chi connectivity index (χ0v) is 11.5. The Balaban J connectivity index is 2.97. The van der Waals surface area contributed by atoms with Gasteiger partial charge in [-0.3, -0.25) is 9.59 Å². The fourth-order valence-electron chi connectivity index (χ4n) is 1.53. The van der Waals surface area contributed by atoms with Crippen molar-refractivity contribution in [2.45, 2.75) is 18.5 Å². The Hall–Kier alpha value is -2.19. The molecule has 0 spiro atoms. The zero-order valence-electron chi connectivity index (χ0n) is 11.5. The van der Waals surface area contributed by atoms with E-state index in [1.165, 1.54) is 20.3 Å². The van der Waals surface area contributed by atoms with E-state index >= 15 is 0 Å². The van der Waals surface area contributed by atoms with Crippen molar-refractivity contribution in [2.75, 3.05) is 14.2 Å². The average Bonchev–Trinajstić information content (AvgIpc) is 2.44. The van der Waals surface area contributed by atoms with Crippen molar-refractivity contribution in [3.8, 4) is 11.5 Å². The second-order valence-electron chi connectivity index (χ2n) is 4.17. The van der Waals surface area contributed by atoms with Crippen LogP contribution in [-0.2, 0) is 4.79 Å². The van der Waals surface area contributed by atoms with Crippen LogP contribution in [0.1, 0.15) is 16.8 Å². The first-order valence-electron chi connectivity index (χ1n) is 5.77. The summed E-state index contributed by atoms with van der Waals surface area (Å²) in [6.45, 7) is 0. The van der Waals surface area contributed by atoms with Crippen LogP contribution in [0.4, 0.5) is 22.0 Å². The summed E-state index contributed by atoms with van der Waals surface area (Å²) < 4.78 is 71.4. The Labute approximate surface area is 121 Å². The van der Waals surface area contributed by atoms with Gasteiger partial charge in [-0.05, 0) is 18.2 Å². The van der Waals surface area contributed by atoms with Gasteiger partial charge in [0.25, 0.3) is 0 Å². The summed E-state index contributed by atoms with van der Waals surface area (Å²) in [5, 5.41) is 0. The average molecular weight is 326 g/mol. The van der Waals surface area contributed by atoms with Gasteiger partial charge in [0.15, 0.2) is 17.3 Å². The van der Waals surface area contributed by atoms with Crippen LogP contribution in [0.15, 0.2) is 18.2 Å². The topological polar surface area (TPSA) is 52.6 Å². The number of carbonyl (C=O) groups excluding carboxylic acids is 2. The number of alkyl halides is 5. The first-order chi connectivity index (χ1) is 10.0. The van der Waals surface area contributed by atoms with Crippen molar-refractivity contribution < 1.29 is 41.0 Å². The molecular formula is C13H11F5O4. The number of ketones is 2. The lowest BCUT2D eigenvalue weighted by molar-refractivity contribution is -0.268. The Morgan fingerprint density at radius 3 is 2.00 bits per heavy atom. The molecule has 1 aromatic rings. The van der Waals surface area contributed by atoms with Crippen molar-refractivity contribution in [3.63, 3.8) is 0 Å². The maximum atomic E-state index is 12.8. The summed E-state index contributed by atoms with van der Waals surface area (Å²) in [7, 11) is 2.56. The van der Waals surface area contributed by atoms with E-state index in [4.69, 9.17) is 9.47 Å². The molecule has 0 heterocycles. The van der Waals surface area contributed by atoms with E-state index in [-0.39, 0.29) is 17.1 Å². The monoisotopic (exact) mass is 326 g/mol. The molecule has 0 N–H and O–H groups in total. The molecule has 0 saturated heterocycles. The van der Waals surface area contributed by atoms with E-state index in [0.29, 0.717) is 0 Å². The Bertz CT molecular complexity index is 580. The predicted octanol–water partition coefficient (Wildman–Crippen LogP) is 3.04. The minimum Gasteiger partial charge on any atom is -0.493 e. The molecule has 0 amide bonds. The minimum atomic E-state index is -6.04. The smallest absolute Gasteiger partial charge is 0.461 e. The second kappa shape index (κ2) is 6.29. The molecule has 0 aliphatic heterocycles. The van der Waals surface area contributed by atoms with Crippen LogP contribution in [0.3, 0.4) is 0 Å². The number of carbonyl (C=O) groups is 2. The first kappa shape index (κ1) is 17.9. The van der Waals surface area contributed by atoms with Gasteiger partial charge in [-0.15, -0.1) is 0 Å². The van der Waals surface area contributed by atoms with Crippen molar-refractivity contribution in [3.05, 3.63) is 23.8 Å². The molecule has 0 atom stereocenters.